The van der Waals surface area contributed by atoms with E-state index in [0.29, 0.717) is 6.54 Å². The van der Waals surface area contributed by atoms with Gasteiger partial charge in [-0.3, -0.25) is 4.79 Å². The van der Waals surface area contributed by atoms with Crippen molar-refractivity contribution in [2.45, 2.75) is 38.5 Å². The topological polar surface area (TPSA) is 57.6 Å². The Balaban J connectivity index is 1.72. The molecule has 1 amide bonds. The molecule has 1 N–H and O–H groups in total. The zero-order valence-corrected chi connectivity index (χ0v) is 10.9. The highest BCUT2D eigenvalue weighted by Gasteiger charge is 2.51. The largest absolute Gasteiger partial charge is 0.474 e. The number of carbonyl (C=O) groups excluding carboxylic acids is 1. The Bertz CT molecular complexity index is 355. The minimum Gasteiger partial charge on any atom is -0.474 e. The average molecular weight is 251 g/mol. The molecule has 4 heteroatoms. The predicted molar refractivity (Wildman–Crippen MR) is 65.9 cm³/mol. The molecule has 4 nitrogen and oxygen atoms in total. The minimum absolute atomic E-state index is 0.231. The van der Waals surface area contributed by atoms with Gasteiger partial charge in [0.05, 0.1) is 0 Å². The van der Waals surface area contributed by atoms with Gasteiger partial charge in [-0.1, -0.05) is 0 Å². The summed E-state index contributed by atoms with van der Waals surface area (Å²) >= 11 is 0. The van der Waals surface area contributed by atoms with Crippen molar-refractivity contribution in [3.8, 4) is 0 Å². The maximum atomic E-state index is 11.5. The van der Waals surface area contributed by atoms with Crippen molar-refractivity contribution in [3.05, 3.63) is 0 Å². The summed E-state index contributed by atoms with van der Waals surface area (Å²) in [5.74, 6) is 0.423. The molecule has 0 aromatic carbocycles. The quantitative estimate of drug-likeness (QED) is 0.761. The molecule has 4 saturated carbocycles. The first kappa shape index (κ1) is 12.0. The van der Waals surface area contributed by atoms with E-state index < -0.39 is 11.9 Å². The number of hydrogen-bond acceptors (Lipinski definition) is 2. The molecule has 0 radical (unpaired) electrons. The third kappa shape index (κ3) is 1.91. The van der Waals surface area contributed by atoms with E-state index in [-0.39, 0.29) is 5.41 Å². The molecule has 18 heavy (non-hydrogen) atoms. The maximum absolute atomic E-state index is 11.5. The number of carboxylic acid groups (broad SMARTS) is 1. The summed E-state index contributed by atoms with van der Waals surface area (Å²) in [5, 5.41) is 8.77. The van der Waals surface area contributed by atoms with Crippen molar-refractivity contribution in [3.63, 3.8) is 0 Å². The van der Waals surface area contributed by atoms with Crippen LogP contribution in [0.3, 0.4) is 0 Å². The van der Waals surface area contributed by atoms with Gasteiger partial charge in [-0.15, -0.1) is 0 Å². The molecular weight excluding hydrogens is 230 g/mol. The van der Waals surface area contributed by atoms with Gasteiger partial charge < -0.3 is 10.0 Å². The summed E-state index contributed by atoms with van der Waals surface area (Å²) in [6.07, 6.45) is 7.73. The van der Waals surface area contributed by atoms with Crippen LogP contribution in [-0.2, 0) is 9.59 Å². The fourth-order valence-corrected chi connectivity index (χ4v) is 5.22. The Hall–Kier alpha value is -1.06. The molecule has 4 rings (SSSR count). The third-order valence-electron chi connectivity index (χ3n) is 5.27. The van der Waals surface area contributed by atoms with Crippen LogP contribution < -0.4 is 0 Å². The Kier molecular flexibility index (Phi) is 2.65. The first-order valence-electron chi connectivity index (χ1n) is 6.96. The lowest BCUT2D eigenvalue weighted by molar-refractivity contribution is -0.157. The van der Waals surface area contributed by atoms with Gasteiger partial charge in [0.25, 0.3) is 0 Å². The van der Waals surface area contributed by atoms with Crippen LogP contribution in [-0.4, -0.2) is 35.5 Å². The summed E-state index contributed by atoms with van der Waals surface area (Å²) in [6, 6.07) is 0. The molecule has 0 aromatic heterocycles. The van der Waals surface area contributed by atoms with Gasteiger partial charge in [0.15, 0.2) is 0 Å². The molecule has 0 heterocycles. The number of amides is 1. The van der Waals surface area contributed by atoms with Gasteiger partial charge >= 0.3 is 11.9 Å². The van der Waals surface area contributed by atoms with Gasteiger partial charge in [-0.05, 0) is 61.7 Å². The lowest BCUT2D eigenvalue weighted by Crippen LogP contribution is -2.52. The van der Waals surface area contributed by atoms with Crippen LogP contribution in [0.25, 0.3) is 0 Å². The van der Waals surface area contributed by atoms with E-state index in [1.54, 1.807) is 7.05 Å². The zero-order valence-electron chi connectivity index (χ0n) is 10.9. The van der Waals surface area contributed by atoms with Gasteiger partial charge in [0.2, 0.25) is 0 Å². The number of rotatable bonds is 2. The minimum atomic E-state index is -1.33. The van der Waals surface area contributed by atoms with Gasteiger partial charge in [-0.25, -0.2) is 4.79 Å². The van der Waals surface area contributed by atoms with Crippen LogP contribution in [0.4, 0.5) is 0 Å². The van der Waals surface area contributed by atoms with Crippen LogP contribution in [0.15, 0.2) is 0 Å². The summed E-state index contributed by atoms with van der Waals surface area (Å²) in [5.41, 5.74) is 0.231. The lowest BCUT2D eigenvalue weighted by Gasteiger charge is -2.57. The van der Waals surface area contributed by atoms with Gasteiger partial charge in [-0.2, -0.15) is 0 Å². The predicted octanol–water partition coefficient (Wildman–Crippen LogP) is 1.75. The molecule has 100 valence electrons. The SMILES string of the molecule is CN(CC12CC3CC(CC(C3)C1)C2)C(=O)C(=O)O. The third-order valence-corrected chi connectivity index (χ3v) is 5.27. The molecule has 0 aliphatic heterocycles. The molecule has 4 bridgehead atoms. The zero-order chi connectivity index (χ0) is 12.9. The normalized spacial score (nSPS) is 40.8. The van der Waals surface area contributed by atoms with E-state index in [9.17, 15) is 9.59 Å². The Morgan fingerprint density at radius 1 is 1.11 bits per heavy atom. The van der Waals surface area contributed by atoms with Crippen molar-refractivity contribution in [1.82, 2.24) is 4.90 Å². The van der Waals surface area contributed by atoms with Gasteiger partial charge in [0, 0.05) is 13.6 Å². The molecule has 4 fully saturated rings. The van der Waals surface area contributed by atoms with Crippen LogP contribution in [0, 0.1) is 23.2 Å². The second-order valence-electron chi connectivity index (χ2n) is 6.88. The molecule has 4 aliphatic rings. The smallest absolute Gasteiger partial charge is 0.394 e. The first-order valence-corrected chi connectivity index (χ1v) is 6.96. The molecule has 0 atom stereocenters. The van der Waals surface area contributed by atoms with Crippen LogP contribution in [0.2, 0.25) is 0 Å². The number of likely N-dealkylation sites (N-methyl/N-ethyl adjacent to an activating group) is 1. The molecule has 0 unspecified atom stereocenters. The van der Waals surface area contributed by atoms with Crippen LogP contribution in [0.1, 0.15) is 38.5 Å². The first-order chi connectivity index (χ1) is 8.47. The highest BCUT2D eigenvalue weighted by Crippen LogP contribution is 2.60. The highest BCUT2D eigenvalue weighted by atomic mass is 16.4. The standard InChI is InChI=1S/C14H21NO3/c1-15(12(16)13(17)18)8-14-5-9-2-10(6-14)4-11(3-9)7-14/h9-11H,2-8H2,1H3,(H,17,18). The number of hydrogen-bond donors (Lipinski definition) is 1. The van der Waals surface area contributed by atoms with E-state index in [0.717, 1.165) is 17.8 Å². The van der Waals surface area contributed by atoms with Crippen molar-refractivity contribution < 1.29 is 14.7 Å². The molecular formula is C14H21NO3. The summed E-state index contributed by atoms with van der Waals surface area (Å²) in [4.78, 5) is 23.7. The molecule has 4 aliphatic carbocycles. The van der Waals surface area contributed by atoms with E-state index in [1.807, 2.05) is 0 Å². The van der Waals surface area contributed by atoms with Crippen LogP contribution >= 0.6 is 0 Å². The second-order valence-corrected chi connectivity index (χ2v) is 6.88. The fraction of sp³-hybridized carbons (Fsp3) is 0.857. The van der Waals surface area contributed by atoms with Gasteiger partial charge in [0.1, 0.15) is 0 Å². The van der Waals surface area contributed by atoms with Crippen LogP contribution in [0.5, 0.6) is 0 Å². The summed E-state index contributed by atoms with van der Waals surface area (Å²) in [6.45, 7) is 0.641. The number of nitrogens with zero attached hydrogens (tertiary/aromatic N) is 1. The Labute approximate surface area is 107 Å². The van der Waals surface area contributed by atoms with E-state index in [4.69, 9.17) is 5.11 Å². The monoisotopic (exact) mass is 251 g/mol. The molecule has 0 aromatic rings. The van der Waals surface area contributed by atoms with Crippen molar-refractivity contribution >= 4 is 11.9 Å². The molecule has 0 spiro atoms. The summed E-state index contributed by atoms with van der Waals surface area (Å²) in [7, 11) is 1.63. The maximum Gasteiger partial charge on any atom is 0.394 e. The second kappa shape index (κ2) is 3.97. The Morgan fingerprint density at radius 3 is 1.94 bits per heavy atom. The van der Waals surface area contributed by atoms with E-state index in [1.165, 1.54) is 43.4 Å². The lowest BCUT2D eigenvalue weighted by atomic mass is 9.49. The van der Waals surface area contributed by atoms with E-state index in [2.05, 4.69) is 0 Å². The van der Waals surface area contributed by atoms with E-state index >= 15 is 0 Å². The van der Waals surface area contributed by atoms with Crippen molar-refractivity contribution in [2.75, 3.05) is 13.6 Å². The van der Waals surface area contributed by atoms with Crippen molar-refractivity contribution in [2.24, 2.45) is 23.2 Å². The van der Waals surface area contributed by atoms with Crippen molar-refractivity contribution in [1.29, 1.82) is 0 Å². The molecule has 0 saturated heterocycles. The fourth-order valence-electron chi connectivity index (χ4n) is 5.22. The summed E-state index contributed by atoms with van der Waals surface area (Å²) < 4.78 is 0. The number of carboxylic acids is 1. The Morgan fingerprint density at radius 2 is 1.56 bits per heavy atom. The highest BCUT2D eigenvalue weighted by molar-refractivity contribution is 6.31. The number of aliphatic carboxylic acids is 1. The number of carbonyl (C=O) groups is 2. The average Bonchev–Trinajstić information content (AvgIpc) is 2.24.